The topological polar surface area (TPSA) is 54.7 Å². The van der Waals surface area contributed by atoms with Crippen molar-refractivity contribution in [3.8, 4) is 5.75 Å². The zero-order valence-corrected chi connectivity index (χ0v) is 16.2. The molecule has 0 saturated carbocycles. The van der Waals surface area contributed by atoms with Gasteiger partial charge in [-0.05, 0) is 36.5 Å². The molecule has 2 aromatic rings. The largest absolute Gasteiger partial charge is 0.491 e. The number of β-amino-alcohol motifs (C(OH)–C–C–N with tert-alkyl or cyclic N) is 1. The summed E-state index contributed by atoms with van der Waals surface area (Å²) in [5.74, 6) is 1.64. The van der Waals surface area contributed by atoms with Crippen LogP contribution in [0.2, 0.25) is 0 Å². The van der Waals surface area contributed by atoms with E-state index in [1.165, 1.54) is 0 Å². The quantitative estimate of drug-likeness (QED) is 0.750. The first-order chi connectivity index (χ1) is 13.6. The number of ether oxygens (including phenoxy) is 1. The van der Waals surface area contributed by atoms with Gasteiger partial charge in [-0.1, -0.05) is 30.3 Å². The molecule has 1 fully saturated rings. The van der Waals surface area contributed by atoms with Crippen LogP contribution in [-0.4, -0.2) is 46.9 Å². The molecule has 3 heterocycles. The third kappa shape index (κ3) is 4.05. The highest BCUT2D eigenvalue weighted by Gasteiger charge is 2.34. The summed E-state index contributed by atoms with van der Waals surface area (Å²) < 4.78 is 7.83. The molecule has 0 radical (unpaired) electrons. The number of rotatable bonds is 7. The summed E-state index contributed by atoms with van der Waals surface area (Å²) in [4.78, 5) is 14.5. The maximum atomic E-state index is 12.1. The lowest BCUT2D eigenvalue weighted by Gasteiger charge is -2.43. The molecule has 2 bridgehead atoms. The molecule has 2 aliphatic rings. The number of nitrogens with zero attached hydrogens (tertiary/aromatic N) is 2. The molecule has 0 spiro atoms. The van der Waals surface area contributed by atoms with Gasteiger partial charge in [0.25, 0.3) is 5.56 Å². The Bertz CT molecular complexity index is 891. The van der Waals surface area contributed by atoms with E-state index in [9.17, 15) is 9.90 Å². The molecule has 1 unspecified atom stereocenters. The van der Waals surface area contributed by atoms with Gasteiger partial charge in [0.2, 0.25) is 0 Å². The smallest absolute Gasteiger partial charge is 0.250 e. The standard InChI is InChI=1S/C23H28N2O3/c1-2-6-18-7-3-4-9-22(18)28-16-20(26)15-24-12-17-11-19(14-24)21-8-5-10-23(27)25(21)13-17/h2-5,7-10,17,19-20,26H,1,6,11-16H2/t17-,19-,20?/m1/s1. The highest BCUT2D eigenvalue weighted by Crippen LogP contribution is 2.34. The first-order valence-electron chi connectivity index (χ1n) is 10.1. The summed E-state index contributed by atoms with van der Waals surface area (Å²) in [5, 5.41) is 10.5. The van der Waals surface area contributed by atoms with E-state index in [0.29, 0.717) is 18.4 Å². The van der Waals surface area contributed by atoms with Crippen molar-refractivity contribution < 1.29 is 9.84 Å². The van der Waals surface area contributed by atoms with Gasteiger partial charge in [0, 0.05) is 43.9 Å². The van der Waals surface area contributed by atoms with E-state index < -0.39 is 6.10 Å². The number of hydrogen-bond acceptors (Lipinski definition) is 4. The molecule has 0 amide bonds. The van der Waals surface area contributed by atoms with Crippen LogP contribution < -0.4 is 10.3 Å². The number of para-hydroxylation sites is 1. The number of benzene rings is 1. The molecule has 28 heavy (non-hydrogen) atoms. The Kier molecular flexibility index (Phi) is 5.64. The predicted octanol–water partition coefficient (Wildman–Crippen LogP) is 2.44. The Balaban J connectivity index is 1.36. The summed E-state index contributed by atoms with van der Waals surface area (Å²) in [6.07, 6.45) is 3.18. The minimum Gasteiger partial charge on any atom is -0.491 e. The minimum atomic E-state index is -0.548. The van der Waals surface area contributed by atoms with Gasteiger partial charge in [-0.15, -0.1) is 6.58 Å². The summed E-state index contributed by atoms with van der Waals surface area (Å²) in [6, 6.07) is 13.5. The van der Waals surface area contributed by atoms with Crippen molar-refractivity contribution in [2.24, 2.45) is 5.92 Å². The summed E-state index contributed by atoms with van der Waals surface area (Å²) in [7, 11) is 0. The van der Waals surface area contributed by atoms with Gasteiger partial charge in [-0.25, -0.2) is 0 Å². The maximum Gasteiger partial charge on any atom is 0.250 e. The van der Waals surface area contributed by atoms with Gasteiger partial charge in [0.15, 0.2) is 0 Å². The van der Waals surface area contributed by atoms with Crippen LogP contribution in [0.15, 0.2) is 59.9 Å². The molecule has 148 valence electrons. The van der Waals surface area contributed by atoms with Gasteiger partial charge in [-0.3, -0.25) is 9.69 Å². The second-order valence-corrected chi connectivity index (χ2v) is 7.98. The van der Waals surface area contributed by atoms with Crippen LogP contribution in [0.3, 0.4) is 0 Å². The third-order valence-corrected chi connectivity index (χ3v) is 5.79. The van der Waals surface area contributed by atoms with Crippen molar-refractivity contribution in [1.82, 2.24) is 9.47 Å². The molecule has 1 N–H and O–H groups in total. The molecule has 5 nitrogen and oxygen atoms in total. The number of aliphatic hydroxyl groups is 1. The Morgan fingerprint density at radius 2 is 2.04 bits per heavy atom. The number of aliphatic hydroxyl groups excluding tert-OH is 1. The Morgan fingerprint density at radius 1 is 1.18 bits per heavy atom. The van der Waals surface area contributed by atoms with Crippen molar-refractivity contribution in [3.05, 3.63) is 76.7 Å². The molecular formula is C23H28N2O3. The zero-order chi connectivity index (χ0) is 19.5. The Morgan fingerprint density at radius 3 is 2.89 bits per heavy atom. The van der Waals surface area contributed by atoms with Crippen LogP contribution >= 0.6 is 0 Å². The fourth-order valence-corrected chi connectivity index (χ4v) is 4.65. The van der Waals surface area contributed by atoms with Crippen molar-refractivity contribution in [3.63, 3.8) is 0 Å². The van der Waals surface area contributed by atoms with Gasteiger partial charge < -0.3 is 14.4 Å². The molecular weight excluding hydrogens is 352 g/mol. The van der Waals surface area contributed by atoms with Crippen molar-refractivity contribution >= 4 is 0 Å². The van der Waals surface area contributed by atoms with Crippen LogP contribution in [-0.2, 0) is 13.0 Å². The second kappa shape index (κ2) is 8.33. The lowest BCUT2D eigenvalue weighted by atomic mass is 9.83. The molecule has 4 rings (SSSR count). The van der Waals surface area contributed by atoms with E-state index >= 15 is 0 Å². The lowest BCUT2D eigenvalue weighted by Crippen LogP contribution is -2.49. The maximum absolute atomic E-state index is 12.1. The third-order valence-electron chi connectivity index (χ3n) is 5.79. The average Bonchev–Trinajstić information content (AvgIpc) is 2.68. The van der Waals surface area contributed by atoms with E-state index in [1.807, 2.05) is 41.0 Å². The number of piperidine rings is 1. The van der Waals surface area contributed by atoms with Crippen LogP contribution in [0, 0.1) is 5.92 Å². The molecule has 1 aromatic carbocycles. The number of likely N-dealkylation sites (tertiary alicyclic amines) is 1. The average molecular weight is 380 g/mol. The van der Waals surface area contributed by atoms with E-state index in [-0.39, 0.29) is 12.2 Å². The molecule has 3 atom stereocenters. The number of pyridine rings is 1. The fraction of sp³-hybridized carbons (Fsp3) is 0.435. The number of aromatic nitrogens is 1. The molecule has 5 heteroatoms. The summed E-state index contributed by atoms with van der Waals surface area (Å²) in [6.45, 7) is 7.23. The van der Waals surface area contributed by atoms with Crippen molar-refractivity contribution in [1.29, 1.82) is 0 Å². The van der Waals surface area contributed by atoms with Crippen LogP contribution in [0.25, 0.3) is 0 Å². The van der Waals surface area contributed by atoms with Gasteiger partial charge >= 0.3 is 0 Å². The predicted molar refractivity (Wildman–Crippen MR) is 110 cm³/mol. The van der Waals surface area contributed by atoms with Crippen LogP contribution in [0.4, 0.5) is 0 Å². The van der Waals surface area contributed by atoms with E-state index in [1.54, 1.807) is 6.07 Å². The minimum absolute atomic E-state index is 0.104. The van der Waals surface area contributed by atoms with Gasteiger partial charge in [-0.2, -0.15) is 0 Å². The first-order valence-corrected chi connectivity index (χ1v) is 10.1. The van der Waals surface area contributed by atoms with Crippen LogP contribution in [0.5, 0.6) is 5.75 Å². The zero-order valence-electron chi connectivity index (χ0n) is 16.2. The highest BCUT2D eigenvalue weighted by molar-refractivity contribution is 5.34. The SMILES string of the molecule is C=CCc1ccccc1OCC(O)CN1C[C@H]2C[C@H](C1)c1cccc(=O)n1C2. The summed E-state index contributed by atoms with van der Waals surface area (Å²) >= 11 is 0. The highest BCUT2D eigenvalue weighted by atomic mass is 16.5. The summed E-state index contributed by atoms with van der Waals surface area (Å²) in [5.41, 5.74) is 2.32. The lowest BCUT2D eigenvalue weighted by molar-refractivity contribution is 0.0382. The van der Waals surface area contributed by atoms with Gasteiger partial charge in [0.1, 0.15) is 18.5 Å². The van der Waals surface area contributed by atoms with E-state index in [4.69, 9.17) is 4.74 Å². The van der Waals surface area contributed by atoms with Gasteiger partial charge in [0.05, 0.1) is 0 Å². The molecule has 2 aliphatic heterocycles. The van der Waals surface area contributed by atoms with Crippen LogP contribution in [0.1, 0.15) is 23.6 Å². The molecule has 1 saturated heterocycles. The first kappa shape index (κ1) is 19.0. The fourth-order valence-electron chi connectivity index (χ4n) is 4.65. The number of allylic oxidation sites excluding steroid dienone is 1. The second-order valence-electron chi connectivity index (χ2n) is 7.98. The Labute approximate surface area is 165 Å². The normalized spacial score (nSPS) is 22.3. The number of hydrogen-bond donors (Lipinski definition) is 1. The van der Waals surface area contributed by atoms with E-state index in [0.717, 1.165) is 49.5 Å². The van der Waals surface area contributed by atoms with E-state index in [2.05, 4.69) is 17.5 Å². The molecule has 0 aliphatic carbocycles. The molecule has 1 aromatic heterocycles. The monoisotopic (exact) mass is 380 g/mol. The number of fused-ring (bicyclic) bond motifs is 4. The Hall–Kier alpha value is -2.37. The van der Waals surface area contributed by atoms with Crippen molar-refractivity contribution in [2.75, 3.05) is 26.2 Å². The van der Waals surface area contributed by atoms with Crippen molar-refractivity contribution in [2.45, 2.75) is 31.4 Å².